The number of hydrogen-bond acceptors (Lipinski definition) is 6. The predicted molar refractivity (Wildman–Crippen MR) is 92.4 cm³/mol. The third kappa shape index (κ3) is 3.22. The van der Waals surface area contributed by atoms with Gasteiger partial charge in [-0.2, -0.15) is 0 Å². The largest absolute Gasteiger partial charge is 0.349 e. The van der Waals surface area contributed by atoms with Gasteiger partial charge in [0.05, 0.1) is 17.6 Å². The fourth-order valence-electron chi connectivity index (χ4n) is 2.58. The third-order valence-corrected chi connectivity index (χ3v) is 4.79. The SMILES string of the molecule is O=C(NCCn1nc(-c2cccs2)n(C2CC2)c1=O)c1cnccn1. The van der Waals surface area contributed by atoms with Gasteiger partial charge in [0.15, 0.2) is 5.82 Å². The van der Waals surface area contributed by atoms with Crippen molar-refractivity contribution < 1.29 is 4.79 Å². The molecule has 1 N–H and O–H groups in total. The van der Waals surface area contributed by atoms with Crippen LogP contribution in [-0.2, 0) is 6.54 Å². The van der Waals surface area contributed by atoms with Crippen molar-refractivity contribution in [3.8, 4) is 10.7 Å². The Morgan fingerprint density at radius 3 is 2.92 bits per heavy atom. The summed E-state index contributed by atoms with van der Waals surface area (Å²) in [6, 6.07) is 4.15. The molecule has 3 heterocycles. The first-order chi connectivity index (χ1) is 12.2. The average molecular weight is 356 g/mol. The molecule has 3 aromatic rings. The van der Waals surface area contributed by atoms with Gasteiger partial charge in [-0.1, -0.05) is 6.07 Å². The van der Waals surface area contributed by atoms with E-state index in [0.29, 0.717) is 18.9 Å². The number of carbonyl (C=O) groups excluding carboxylic acids is 1. The highest BCUT2D eigenvalue weighted by molar-refractivity contribution is 7.13. The molecule has 0 unspecified atom stereocenters. The molecule has 1 amide bonds. The first-order valence-corrected chi connectivity index (χ1v) is 8.89. The van der Waals surface area contributed by atoms with E-state index in [0.717, 1.165) is 17.7 Å². The highest BCUT2D eigenvalue weighted by Gasteiger charge is 2.30. The maximum absolute atomic E-state index is 12.6. The van der Waals surface area contributed by atoms with E-state index in [2.05, 4.69) is 20.4 Å². The molecule has 3 aromatic heterocycles. The maximum atomic E-state index is 12.6. The lowest BCUT2D eigenvalue weighted by molar-refractivity contribution is 0.0946. The Morgan fingerprint density at radius 1 is 1.36 bits per heavy atom. The van der Waals surface area contributed by atoms with Gasteiger partial charge in [0.1, 0.15) is 5.69 Å². The summed E-state index contributed by atoms with van der Waals surface area (Å²) in [7, 11) is 0. The van der Waals surface area contributed by atoms with Gasteiger partial charge >= 0.3 is 5.69 Å². The van der Waals surface area contributed by atoms with Crippen molar-refractivity contribution in [2.45, 2.75) is 25.4 Å². The summed E-state index contributed by atoms with van der Waals surface area (Å²) in [4.78, 5) is 33.4. The van der Waals surface area contributed by atoms with E-state index >= 15 is 0 Å². The van der Waals surface area contributed by atoms with Crippen molar-refractivity contribution in [3.63, 3.8) is 0 Å². The molecule has 1 fully saturated rings. The minimum Gasteiger partial charge on any atom is -0.349 e. The minimum atomic E-state index is -0.318. The molecular weight excluding hydrogens is 340 g/mol. The van der Waals surface area contributed by atoms with Crippen molar-refractivity contribution in [3.05, 3.63) is 52.3 Å². The van der Waals surface area contributed by atoms with E-state index in [-0.39, 0.29) is 23.3 Å². The van der Waals surface area contributed by atoms with E-state index in [4.69, 9.17) is 0 Å². The number of nitrogens with zero attached hydrogens (tertiary/aromatic N) is 5. The van der Waals surface area contributed by atoms with E-state index in [1.165, 1.54) is 23.3 Å². The standard InChI is InChI=1S/C16H16N6O2S/c23-15(12-10-17-5-6-18-12)19-7-8-21-16(24)22(11-3-4-11)14(20-21)13-2-1-9-25-13/h1-2,5-6,9-11H,3-4,7-8H2,(H,19,23). The summed E-state index contributed by atoms with van der Waals surface area (Å²) in [6.45, 7) is 0.601. The number of nitrogens with one attached hydrogen (secondary N) is 1. The molecule has 4 rings (SSSR count). The minimum absolute atomic E-state index is 0.125. The van der Waals surface area contributed by atoms with Crippen molar-refractivity contribution in [1.82, 2.24) is 29.6 Å². The van der Waals surface area contributed by atoms with E-state index in [1.807, 2.05) is 17.5 Å². The molecule has 0 radical (unpaired) electrons. The van der Waals surface area contributed by atoms with Crippen LogP contribution in [0.25, 0.3) is 10.7 Å². The molecule has 0 spiro atoms. The molecule has 25 heavy (non-hydrogen) atoms. The number of carbonyl (C=O) groups is 1. The van der Waals surface area contributed by atoms with Crippen LogP contribution in [0.2, 0.25) is 0 Å². The van der Waals surface area contributed by atoms with Crippen LogP contribution in [0.3, 0.4) is 0 Å². The molecule has 1 aliphatic carbocycles. The van der Waals surface area contributed by atoms with Gasteiger partial charge < -0.3 is 5.32 Å². The lowest BCUT2D eigenvalue weighted by atomic mass is 10.4. The zero-order chi connectivity index (χ0) is 17.2. The van der Waals surface area contributed by atoms with E-state index in [1.54, 1.807) is 15.9 Å². The fraction of sp³-hybridized carbons (Fsp3) is 0.312. The van der Waals surface area contributed by atoms with E-state index in [9.17, 15) is 9.59 Å². The molecule has 0 bridgehead atoms. The Kier molecular flexibility index (Phi) is 4.14. The highest BCUT2D eigenvalue weighted by Crippen LogP contribution is 2.37. The van der Waals surface area contributed by atoms with Gasteiger partial charge in [0.25, 0.3) is 5.91 Å². The number of thiophene rings is 1. The molecule has 0 saturated heterocycles. The van der Waals surface area contributed by atoms with Crippen molar-refractivity contribution in [2.24, 2.45) is 0 Å². The van der Waals surface area contributed by atoms with Gasteiger partial charge in [-0.05, 0) is 24.3 Å². The number of amides is 1. The smallest absolute Gasteiger partial charge is 0.346 e. The van der Waals surface area contributed by atoms with Crippen LogP contribution < -0.4 is 11.0 Å². The molecular formula is C16H16N6O2S. The lowest BCUT2D eigenvalue weighted by Gasteiger charge is -2.03. The normalized spacial score (nSPS) is 13.8. The summed E-state index contributed by atoms with van der Waals surface area (Å²) in [5, 5.41) is 9.19. The van der Waals surface area contributed by atoms with Crippen LogP contribution in [-0.4, -0.2) is 36.8 Å². The average Bonchev–Trinajstić information content (AvgIpc) is 3.21. The second-order valence-electron chi connectivity index (χ2n) is 5.75. The second-order valence-corrected chi connectivity index (χ2v) is 6.70. The Morgan fingerprint density at radius 2 is 2.24 bits per heavy atom. The van der Waals surface area contributed by atoms with Crippen LogP contribution >= 0.6 is 11.3 Å². The predicted octanol–water partition coefficient (Wildman–Crippen LogP) is 1.33. The van der Waals surface area contributed by atoms with Gasteiger partial charge in [0.2, 0.25) is 0 Å². The van der Waals surface area contributed by atoms with Crippen LogP contribution in [0.4, 0.5) is 0 Å². The number of aromatic nitrogens is 5. The quantitative estimate of drug-likeness (QED) is 0.719. The van der Waals surface area contributed by atoms with Gasteiger partial charge in [-0.25, -0.2) is 14.5 Å². The first kappa shape index (κ1) is 15.7. The van der Waals surface area contributed by atoms with Gasteiger partial charge in [-0.15, -0.1) is 16.4 Å². The summed E-state index contributed by atoms with van der Waals surface area (Å²) in [5.41, 5.74) is 0.122. The summed E-state index contributed by atoms with van der Waals surface area (Å²) < 4.78 is 3.20. The molecule has 1 aliphatic rings. The molecule has 0 aromatic carbocycles. The van der Waals surface area contributed by atoms with E-state index < -0.39 is 0 Å². The van der Waals surface area contributed by atoms with Gasteiger partial charge in [-0.3, -0.25) is 14.3 Å². The molecule has 9 heteroatoms. The molecule has 1 saturated carbocycles. The second kappa shape index (κ2) is 6.60. The molecule has 0 atom stereocenters. The summed E-state index contributed by atoms with van der Waals surface area (Å²) in [5.74, 6) is 0.393. The van der Waals surface area contributed by atoms with Crippen molar-refractivity contribution in [2.75, 3.05) is 6.54 Å². The summed E-state index contributed by atoms with van der Waals surface area (Å²) >= 11 is 1.56. The highest BCUT2D eigenvalue weighted by atomic mass is 32.1. The number of rotatable bonds is 6. The summed E-state index contributed by atoms with van der Waals surface area (Å²) in [6.07, 6.45) is 6.38. The van der Waals surface area contributed by atoms with Crippen molar-refractivity contribution in [1.29, 1.82) is 0 Å². The Bertz CT molecular complexity index is 927. The van der Waals surface area contributed by atoms with Crippen LogP contribution in [0.1, 0.15) is 29.4 Å². The lowest BCUT2D eigenvalue weighted by Crippen LogP contribution is -2.32. The molecule has 8 nitrogen and oxygen atoms in total. The van der Waals surface area contributed by atoms with Crippen LogP contribution in [0.5, 0.6) is 0 Å². The van der Waals surface area contributed by atoms with Crippen LogP contribution in [0, 0.1) is 0 Å². The van der Waals surface area contributed by atoms with Crippen LogP contribution in [0.15, 0.2) is 40.9 Å². The topological polar surface area (TPSA) is 94.7 Å². The molecule has 128 valence electrons. The maximum Gasteiger partial charge on any atom is 0.346 e. The first-order valence-electron chi connectivity index (χ1n) is 8.01. The van der Waals surface area contributed by atoms with Crippen molar-refractivity contribution >= 4 is 17.2 Å². The monoisotopic (exact) mass is 356 g/mol. The third-order valence-electron chi connectivity index (χ3n) is 3.93. The molecule has 0 aliphatic heterocycles. The zero-order valence-corrected chi connectivity index (χ0v) is 14.1. The van der Waals surface area contributed by atoms with Gasteiger partial charge in [0, 0.05) is 25.0 Å². The number of hydrogen-bond donors (Lipinski definition) is 1. The zero-order valence-electron chi connectivity index (χ0n) is 13.3. The Hall–Kier alpha value is -2.81. The fourth-order valence-corrected chi connectivity index (χ4v) is 3.29. The Labute approximate surface area is 147 Å². The Balaban J connectivity index is 1.49.